The van der Waals surface area contributed by atoms with Crippen LogP contribution >= 0.6 is 0 Å². The summed E-state index contributed by atoms with van der Waals surface area (Å²) in [6.45, 7) is 2.75. The molecule has 1 amide bonds. The number of carbonyl (C=O) groups excluding carboxylic acids is 1. The number of amides is 1. The second-order valence-corrected chi connectivity index (χ2v) is 5.43. The van der Waals surface area contributed by atoms with Gasteiger partial charge >= 0.3 is 0 Å². The Morgan fingerprint density at radius 2 is 1.83 bits per heavy atom. The molecule has 0 saturated carbocycles. The van der Waals surface area contributed by atoms with E-state index in [4.69, 9.17) is 0 Å². The lowest BCUT2D eigenvalue weighted by Crippen LogP contribution is -2.33. The van der Waals surface area contributed by atoms with Crippen molar-refractivity contribution in [3.05, 3.63) is 70.6 Å². The second-order valence-electron chi connectivity index (χ2n) is 5.43. The number of carbonyl (C=O) groups is 1. The number of benzene rings is 1. The molecule has 0 spiro atoms. The van der Waals surface area contributed by atoms with E-state index >= 15 is 0 Å². The number of hydrogen-bond acceptors (Lipinski definition) is 2. The first-order valence-electron chi connectivity index (χ1n) is 7.83. The van der Waals surface area contributed by atoms with Crippen LogP contribution in [-0.2, 0) is 4.79 Å². The summed E-state index contributed by atoms with van der Waals surface area (Å²) in [5.41, 5.74) is 1.03. The molecule has 4 nitrogen and oxygen atoms in total. The van der Waals surface area contributed by atoms with E-state index in [9.17, 15) is 9.59 Å². The zero-order valence-corrected chi connectivity index (χ0v) is 13.6. The highest BCUT2D eigenvalue weighted by molar-refractivity contribution is 6.18. The highest BCUT2D eigenvalue weighted by Gasteiger charge is 2.17. The number of nitrogens with zero attached hydrogens (tertiary/aromatic N) is 2. The summed E-state index contributed by atoms with van der Waals surface area (Å²) in [6.07, 6.45) is 5.33. The minimum atomic E-state index is -0.216. The minimum Gasteiger partial charge on any atom is -0.340 e. The molecule has 120 valence electrons. The molecule has 1 aromatic heterocycles. The van der Waals surface area contributed by atoms with Gasteiger partial charge in [-0.1, -0.05) is 49.7 Å². The maximum atomic E-state index is 12.8. The largest absolute Gasteiger partial charge is 0.340 e. The molecule has 0 bridgehead atoms. The Morgan fingerprint density at radius 3 is 2.48 bits per heavy atom. The lowest BCUT2D eigenvalue weighted by molar-refractivity contribution is -0.124. The monoisotopic (exact) mass is 310 g/mol. The Hall–Kier alpha value is -2.62. The van der Waals surface area contributed by atoms with Gasteiger partial charge in [-0.05, 0) is 24.1 Å². The number of unbranched alkanes of at least 4 members (excludes halogenated alkanes) is 1. The van der Waals surface area contributed by atoms with E-state index in [2.05, 4.69) is 6.92 Å². The van der Waals surface area contributed by atoms with Crippen LogP contribution in [0.5, 0.6) is 0 Å². The molecule has 23 heavy (non-hydrogen) atoms. The molecule has 0 unspecified atom stereocenters. The molecule has 1 aromatic carbocycles. The fourth-order valence-corrected chi connectivity index (χ4v) is 2.26. The lowest BCUT2D eigenvalue weighted by atomic mass is 10.1. The van der Waals surface area contributed by atoms with Crippen LogP contribution in [0.2, 0.25) is 0 Å². The van der Waals surface area contributed by atoms with E-state index in [0.29, 0.717) is 12.2 Å². The fraction of sp³-hybridized carbons (Fsp3) is 0.263. The van der Waals surface area contributed by atoms with Crippen molar-refractivity contribution in [2.24, 2.45) is 0 Å². The Bertz CT molecular complexity index is 732. The van der Waals surface area contributed by atoms with Gasteiger partial charge in [-0.2, -0.15) is 0 Å². The average molecular weight is 310 g/mol. The van der Waals surface area contributed by atoms with E-state index in [1.807, 2.05) is 30.3 Å². The maximum Gasteiger partial charge on any atom is 0.270 e. The predicted octanol–water partition coefficient (Wildman–Crippen LogP) is 3.10. The highest BCUT2D eigenvalue weighted by atomic mass is 16.2. The number of rotatable bonds is 6. The highest BCUT2D eigenvalue weighted by Crippen LogP contribution is 2.13. The van der Waals surface area contributed by atoms with Crippen LogP contribution in [0.15, 0.2) is 59.5 Å². The summed E-state index contributed by atoms with van der Waals surface area (Å²) in [5, 5.41) is 0. The van der Waals surface area contributed by atoms with Crippen LogP contribution in [-0.4, -0.2) is 29.0 Å². The van der Waals surface area contributed by atoms with E-state index in [0.717, 1.165) is 18.4 Å². The number of aromatic nitrogens is 1. The molecule has 0 atom stereocenters. The molecular formula is C19H22N2O2. The topological polar surface area (TPSA) is 42.3 Å². The van der Waals surface area contributed by atoms with Gasteiger partial charge in [-0.3, -0.25) is 14.2 Å². The third kappa shape index (κ3) is 4.42. The van der Waals surface area contributed by atoms with Gasteiger partial charge in [0, 0.05) is 25.9 Å². The number of likely N-dealkylation sites (N-methyl/N-ethyl adjacent to an activating group) is 1. The quantitative estimate of drug-likeness (QED) is 0.769. The van der Waals surface area contributed by atoms with Crippen LogP contribution in [0.25, 0.3) is 11.8 Å². The Balaban J connectivity index is 2.44. The molecule has 0 radical (unpaired) electrons. The zero-order chi connectivity index (χ0) is 16.7. The fourth-order valence-electron chi connectivity index (χ4n) is 2.26. The van der Waals surface area contributed by atoms with Gasteiger partial charge in [0.15, 0.2) is 0 Å². The van der Waals surface area contributed by atoms with Crippen LogP contribution in [0.3, 0.4) is 0 Å². The summed E-state index contributed by atoms with van der Waals surface area (Å²) in [7, 11) is 1.77. The molecule has 4 heteroatoms. The minimum absolute atomic E-state index is 0.157. The Morgan fingerprint density at radius 1 is 1.13 bits per heavy atom. The van der Waals surface area contributed by atoms with E-state index in [-0.39, 0.29) is 11.5 Å². The third-order valence-electron chi connectivity index (χ3n) is 3.60. The van der Waals surface area contributed by atoms with Crippen molar-refractivity contribution < 1.29 is 4.79 Å². The molecule has 0 aliphatic carbocycles. The van der Waals surface area contributed by atoms with Crippen molar-refractivity contribution in [3.63, 3.8) is 0 Å². The molecule has 2 rings (SSSR count). The smallest absolute Gasteiger partial charge is 0.270 e. The van der Waals surface area contributed by atoms with Gasteiger partial charge in [0.1, 0.15) is 5.70 Å². The SMILES string of the molecule is CCCCN(C)C(=O)C(=Cc1ccccc1)n1ccccc1=O. The summed E-state index contributed by atoms with van der Waals surface area (Å²) >= 11 is 0. The van der Waals surface area contributed by atoms with E-state index in [1.165, 1.54) is 10.6 Å². The van der Waals surface area contributed by atoms with E-state index in [1.54, 1.807) is 36.4 Å². The lowest BCUT2D eigenvalue weighted by Gasteiger charge is -2.19. The summed E-state index contributed by atoms with van der Waals surface area (Å²) in [5.74, 6) is -0.157. The summed E-state index contributed by atoms with van der Waals surface area (Å²) < 4.78 is 1.40. The van der Waals surface area contributed by atoms with Gasteiger partial charge < -0.3 is 4.90 Å². The standard InChI is InChI=1S/C19H22N2O2/c1-3-4-13-20(2)19(23)17(15-16-10-6-5-7-11-16)21-14-9-8-12-18(21)22/h5-12,14-15H,3-4,13H2,1-2H3. The Kier molecular flexibility index (Phi) is 5.92. The molecule has 0 fully saturated rings. The van der Waals surface area contributed by atoms with Crippen LogP contribution in [0, 0.1) is 0 Å². The van der Waals surface area contributed by atoms with Crippen molar-refractivity contribution in [1.82, 2.24) is 9.47 Å². The van der Waals surface area contributed by atoms with Gasteiger partial charge in [-0.25, -0.2) is 0 Å². The van der Waals surface area contributed by atoms with E-state index < -0.39 is 0 Å². The second kappa shape index (κ2) is 8.13. The first kappa shape index (κ1) is 16.7. The van der Waals surface area contributed by atoms with Crippen molar-refractivity contribution in [2.45, 2.75) is 19.8 Å². The molecule has 0 N–H and O–H groups in total. The predicted molar refractivity (Wildman–Crippen MR) is 93.9 cm³/mol. The first-order chi connectivity index (χ1) is 11.1. The summed E-state index contributed by atoms with van der Waals surface area (Å²) in [4.78, 5) is 26.6. The van der Waals surface area contributed by atoms with Crippen LogP contribution in [0.1, 0.15) is 25.3 Å². The molecule has 2 aromatic rings. The van der Waals surface area contributed by atoms with Crippen LogP contribution in [0.4, 0.5) is 0 Å². The van der Waals surface area contributed by atoms with Gasteiger partial charge in [0.25, 0.3) is 11.5 Å². The molecule has 0 saturated heterocycles. The zero-order valence-electron chi connectivity index (χ0n) is 13.6. The maximum absolute atomic E-state index is 12.8. The Labute approximate surface area is 136 Å². The molecule has 0 aliphatic rings. The molecular weight excluding hydrogens is 288 g/mol. The van der Waals surface area contributed by atoms with Gasteiger partial charge in [-0.15, -0.1) is 0 Å². The molecule has 1 heterocycles. The average Bonchev–Trinajstić information content (AvgIpc) is 2.58. The third-order valence-corrected chi connectivity index (χ3v) is 3.60. The number of hydrogen-bond donors (Lipinski definition) is 0. The van der Waals surface area contributed by atoms with Gasteiger partial charge in [0.05, 0.1) is 0 Å². The van der Waals surface area contributed by atoms with Gasteiger partial charge in [0.2, 0.25) is 0 Å². The van der Waals surface area contributed by atoms with Crippen molar-refractivity contribution in [1.29, 1.82) is 0 Å². The number of pyridine rings is 1. The first-order valence-corrected chi connectivity index (χ1v) is 7.83. The van der Waals surface area contributed by atoms with Crippen molar-refractivity contribution in [3.8, 4) is 0 Å². The van der Waals surface area contributed by atoms with Crippen molar-refractivity contribution in [2.75, 3.05) is 13.6 Å². The van der Waals surface area contributed by atoms with Crippen molar-refractivity contribution >= 4 is 17.7 Å². The molecule has 0 aliphatic heterocycles. The summed E-state index contributed by atoms with van der Waals surface area (Å²) in [6, 6.07) is 14.4. The van der Waals surface area contributed by atoms with Crippen LogP contribution < -0.4 is 5.56 Å². The normalized spacial score (nSPS) is 11.3.